The zero-order valence-corrected chi connectivity index (χ0v) is 26.9. The summed E-state index contributed by atoms with van der Waals surface area (Å²) in [5, 5.41) is 24.9. The third-order valence-electron chi connectivity index (χ3n) is 6.56. The van der Waals surface area contributed by atoms with Gasteiger partial charge in [0.25, 0.3) is 10.1 Å². The van der Waals surface area contributed by atoms with Gasteiger partial charge in [0.2, 0.25) is 33.7 Å². The van der Waals surface area contributed by atoms with Gasteiger partial charge in [0, 0.05) is 25.8 Å². The maximum atomic E-state index is 12.1. The summed E-state index contributed by atoms with van der Waals surface area (Å²) in [6, 6.07) is -2.54. The Morgan fingerprint density at radius 3 is 2.07 bits per heavy atom. The van der Waals surface area contributed by atoms with E-state index < -0.39 is 85.9 Å². The van der Waals surface area contributed by atoms with Crippen molar-refractivity contribution in [2.45, 2.75) is 64.0 Å². The van der Waals surface area contributed by atoms with Gasteiger partial charge in [-0.1, -0.05) is 0 Å². The second-order valence-electron chi connectivity index (χ2n) is 10.7. The molecule has 1 aliphatic rings. The first kappa shape index (κ1) is 40.6. The summed E-state index contributed by atoms with van der Waals surface area (Å²) in [5.41, 5.74) is 0. The van der Waals surface area contributed by atoms with Gasteiger partial charge in [0.05, 0.1) is 31.3 Å². The van der Waals surface area contributed by atoms with Crippen molar-refractivity contribution in [3.8, 4) is 0 Å². The number of carboxylic acid groups (broad SMARTS) is 2. The van der Waals surface area contributed by atoms with Crippen LogP contribution in [0.1, 0.15) is 51.9 Å². The van der Waals surface area contributed by atoms with Crippen molar-refractivity contribution in [3.63, 3.8) is 0 Å². The van der Waals surface area contributed by atoms with E-state index in [1.165, 1.54) is 6.92 Å². The molecule has 4 amide bonds. The number of nitrogens with one attached hydrogen (secondary N) is 4. The smallest absolute Gasteiger partial charge is 0.326 e. The predicted octanol–water partition coefficient (Wildman–Crippen LogP) is -2.39. The van der Waals surface area contributed by atoms with Gasteiger partial charge in [-0.25, -0.2) is 13.2 Å². The summed E-state index contributed by atoms with van der Waals surface area (Å²) in [6.07, 6.45) is -0.0924. The lowest BCUT2D eigenvalue weighted by Gasteiger charge is -2.33. The number of hydrogen-bond donors (Lipinski definition) is 7. The van der Waals surface area contributed by atoms with Crippen molar-refractivity contribution in [1.29, 1.82) is 0 Å². The Morgan fingerprint density at radius 2 is 1.46 bits per heavy atom. The van der Waals surface area contributed by atoms with E-state index >= 15 is 0 Å². The molecule has 19 nitrogen and oxygen atoms in total. The topological polar surface area (TPSA) is 298 Å². The highest BCUT2D eigenvalue weighted by Crippen LogP contribution is 2.36. The van der Waals surface area contributed by atoms with Crippen LogP contribution in [0.4, 0.5) is 0 Å². The van der Waals surface area contributed by atoms with E-state index in [1.54, 1.807) is 0 Å². The van der Waals surface area contributed by atoms with Crippen LogP contribution in [0.3, 0.4) is 0 Å². The fourth-order valence-electron chi connectivity index (χ4n) is 4.31. The molecule has 0 aromatic carbocycles. The predicted molar refractivity (Wildman–Crippen MR) is 157 cm³/mol. The van der Waals surface area contributed by atoms with Crippen LogP contribution in [0.15, 0.2) is 0 Å². The lowest BCUT2D eigenvalue weighted by molar-refractivity contribution is -0.143. The van der Waals surface area contributed by atoms with E-state index in [-0.39, 0.29) is 70.3 Å². The lowest BCUT2D eigenvalue weighted by atomic mass is 9.74. The van der Waals surface area contributed by atoms with Crippen molar-refractivity contribution in [2.75, 3.05) is 44.5 Å². The molecule has 0 unspecified atom stereocenters. The Labute approximate surface area is 266 Å². The zero-order valence-electron chi connectivity index (χ0n) is 25.3. The average molecular weight is 703 g/mol. The first-order valence-electron chi connectivity index (χ1n) is 14.3. The summed E-state index contributed by atoms with van der Waals surface area (Å²) in [6.45, 7) is 0.924. The van der Waals surface area contributed by atoms with Crippen molar-refractivity contribution >= 4 is 55.7 Å². The van der Waals surface area contributed by atoms with Crippen molar-refractivity contribution in [3.05, 3.63) is 0 Å². The summed E-state index contributed by atoms with van der Waals surface area (Å²) in [7, 11) is -8.06. The fourth-order valence-corrected chi connectivity index (χ4v) is 6.23. The number of hydrogen-bond acceptors (Lipinski definition) is 12. The molecule has 1 fully saturated rings. The minimum atomic E-state index is -4.10. The third kappa shape index (κ3) is 19.2. The first-order chi connectivity index (χ1) is 21.4. The summed E-state index contributed by atoms with van der Waals surface area (Å²) in [4.78, 5) is 69.6. The molecule has 7 N–H and O–H groups in total. The minimum absolute atomic E-state index is 0.0352. The fraction of sp³-hybridized carbons (Fsp3) is 0.760. The molecule has 46 heavy (non-hydrogen) atoms. The molecular weight excluding hydrogens is 660 g/mol. The number of ether oxygens (including phenoxy) is 2. The molecule has 1 saturated carbocycles. The molecule has 0 saturated heterocycles. The van der Waals surface area contributed by atoms with E-state index in [9.17, 15) is 50.7 Å². The van der Waals surface area contributed by atoms with Crippen LogP contribution in [-0.2, 0) is 58.4 Å². The molecule has 0 aliphatic heterocycles. The average Bonchev–Trinajstić information content (AvgIpc) is 2.89. The third-order valence-corrected chi connectivity index (χ3v) is 8.81. The molecule has 2 atom stereocenters. The lowest BCUT2D eigenvalue weighted by Crippen LogP contribution is -2.44. The minimum Gasteiger partial charge on any atom is -0.480 e. The van der Waals surface area contributed by atoms with Crippen LogP contribution in [0.5, 0.6) is 0 Å². The van der Waals surface area contributed by atoms with Crippen molar-refractivity contribution in [1.82, 2.24) is 20.7 Å². The van der Waals surface area contributed by atoms with Gasteiger partial charge in [-0.15, -0.1) is 0 Å². The SMILES string of the molecule is C[C@@H](NC(=O)CC[C@H](NC(=O)COCCOCCNC(=O)CCCS(=O)(=O)NC(=O)CC1CC(CS(=O)(=O)O)C1)C(=O)O)C(=O)O. The standard InChI is InChI=1S/C25H42N4O15S2/c1-16(24(34)35)27-21(31)5-4-19(25(36)37)28-23(33)14-44-9-8-43-7-6-26-20(30)3-2-10-45(38,39)29-22(32)13-17-11-18(12-17)15-46(40,41)42/h16-19H,2-15H2,1H3,(H,26,30)(H,27,31)(H,28,33)(H,29,32)(H,34,35)(H,36,37)(H,40,41,42)/t16-,17?,18?,19+/m1/s1. The highest BCUT2D eigenvalue weighted by Gasteiger charge is 2.34. The zero-order chi connectivity index (χ0) is 34.9. The van der Waals surface area contributed by atoms with Gasteiger partial charge < -0.3 is 35.6 Å². The number of sulfonamides is 1. The molecular formula is C25H42N4O15S2. The van der Waals surface area contributed by atoms with Crippen LogP contribution in [0.2, 0.25) is 0 Å². The molecule has 21 heteroatoms. The van der Waals surface area contributed by atoms with Gasteiger partial charge in [0.15, 0.2) is 0 Å². The van der Waals surface area contributed by atoms with Gasteiger partial charge >= 0.3 is 11.9 Å². The number of rotatable bonds is 24. The Hall–Kier alpha value is -3.40. The summed E-state index contributed by atoms with van der Waals surface area (Å²) < 4.78 is 67.0. The molecule has 1 aliphatic carbocycles. The quantitative estimate of drug-likeness (QED) is 0.0408. The number of carboxylic acids is 2. The van der Waals surface area contributed by atoms with Gasteiger partial charge in [-0.2, -0.15) is 8.42 Å². The largest absolute Gasteiger partial charge is 0.480 e. The molecule has 1 rings (SSSR count). The molecule has 0 aromatic rings. The second-order valence-corrected chi connectivity index (χ2v) is 14.1. The number of aliphatic carboxylic acids is 2. The first-order valence-corrected chi connectivity index (χ1v) is 17.6. The number of carbonyl (C=O) groups is 6. The second kappa shape index (κ2) is 20.0. The van der Waals surface area contributed by atoms with Gasteiger partial charge in [-0.3, -0.25) is 33.2 Å². The van der Waals surface area contributed by atoms with Crippen LogP contribution >= 0.6 is 0 Å². The monoisotopic (exact) mass is 702 g/mol. The molecule has 0 heterocycles. The number of amides is 4. The summed E-state index contributed by atoms with van der Waals surface area (Å²) >= 11 is 0. The van der Waals surface area contributed by atoms with Crippen molar-refractivity contribution < 1.29 is 69.8 Å². The van der Waals surface area contributed by atoms with Crippen molar-refractivity contribution in [2.24, 2.45) is 11.8 Å². The van der Waals surface area contributed by atoms with E-state index in [4.69, 9.17) is 19.1 Å². The summed E-state index contributed by atoms with van der Waals surface area (Å²) in [5.74, 6) is -6.54. The maximum Gasteiger partial charge on any atom is 0.326 e. The molecule has 0 aromatic heterocycles. The Balaban J connectivity index is 2.10. The Morgan fingerprint density at radius 1 is 0.804 bits per heavy atom. The maximum absolute atomic E-state index is 12.1. The highest BCUT2D eigenvalue weighted by atomic mass is 32.2. The van der Waals surface area contributed by atoms with Crippen LogP contribution in [0.25, 0.3) is 0 Å². The van der Waals surface area contributed by atoms with E-state index in [0.29, 0.717) is 12.8 Å². The molecule has 264 valence electrons. The Bertz CT molecular complexity index is 1280. The molecule has 0 spiro atoms. The van der Waals surface area contributed by atoms with Gasteiger partial charge in [0.1, 0.15) is 18.7 Å². The molecule has 0 radical (unpaired) electrons. The van der Waals surface area contributed by atoms with E-state index in [1.807, 2.05) is 4.72 Å². The Kier molecular flexibility index (Phi) is 17.6. The number of carbonyl (C=O) groups excluding carboxylic acids is 4. The van der Waals surface area contributed by atoms with Crippen LogP contribution < -0.4 is 20.7 Å². The highest BCUT2D eigenvalue weighted by molar-refractivity contribution is 7.90. The normalized spacial score (nSPS) is 17.5. The van der Waals surface area contributed by atoms with E-state index in [0.717, 1.165) is 0 Å². The van der Waals surface area contributed by atoms with Crippen LogP contribution in [0, 0.1) is 11.8 Å². The molecule has 0 bridgehead atoms. The van der Waals surface area contributed by atoms with E-state index in [2.05, 4.69) is 16.0 Å². The van der Waals surface area contributed by atoms with Gasteiger partial charge in [-0.05, 0) is 44.4 Å². The van der Waals surface area contributed by atoms with Crippen LogP contribution in [-0.4, -0.2) is 124 Å².